The molecule has 0 unspecified atom stereocenters. The van der Waals surface area contributed by atoms with Crippen LogP contribution >= 0.6 is 24.0 Å². The number of halogens is 1. The Balaban J connectivity index is 0.00000242. The van der Waals surface area contributed by atoms with Gasteiger partial charge in [0.25, 0.3) is 0 Å². The molecule has 2 rings (SSSR count). The van der Waals surface area contributed by atoms with Gasteiger partial charge in [0.15, 0.2) is 11.8 Å². The van der Waals surface area contributed by atoms with Gasteiger partial charge in [-0.2, -0.15) is 0 Å². The first kappa shape index (κ1) is 18.4. The third-order valence-electron chi connectivity index (χ3n) is 2.78. The zero-order valence-corrected chi connectivity index (χ0v) is 15.7. The first-order valence-corrected chi connectivity index (χ1v) is 6.93. The van der Waals surface area contributed by atoms with Gasteiger partial charge in [0.05, 0.1) is 6.54 Å². The number of nitrogens with one attached hydrogen (secondary N) is 2. The molecule has 120 valence electrons. The van der Waals surface area contributed by atoms with E-state index < -0.39 is 0 Å². The van der Waals surface area contributed by atoms with E-state index in [0.29, 0.717) is 6.54 Å². The fraction of sp³-hybridized carbons (Fsp3) is 0.400. The average Bonchev–Trinajstić information content (AvgIpc) is 2.91. The van der Waals surface area contributed by atoms with Crippen LogP contribution in [0.15, 0.2) is 41.7 Å². The van der Waals surface area contributed by atoms with E-state index in [0.717, 1.165) is 17.5 Å². The van der Waals surface area contributed by atoms with E-state index >= 15 is 0 Å². The fourth-order valence-corrected chi connectivity index (χ4v) is 1.88. The topological polar surface area (TPSA) is 67.1 Å². The van der Waals surface area contributed by atoms with E-state index in [9.17, 15) is 0 Å². The lowest BCUT2D eigenvalue weighted by molar-refractivity contribution is 0.500. The number of rotatable bonds is 3. The predicted molar refractivity (Wildman–Crippen MR) is 99.9 cm³/mol. The molecule has 22 heavy (non-hydrogen) atoms. The monoisotopic (exact) mass is 414 g/mol. The molecule has 0 aliphatic heterocycles. The van der Waals surface area contributed by atoms with Crippen molar-refractivity contribution in [2.45, 2.75) is 32.9 Å². The van der Waals surface area contributed by atoms with Crippen molar-refractivity contribution in [3.8, 4) is 5.69 Å². The maximum absolute atomic E-state index is 4.21. The Bertz CT molecular complexity index is 600. The minimum Gasteiger partial charge on any atom is -0.352 e. The maximum atomic E-state index is 4.21. The molecule has 0 aliphatic carbocycles. The molecular formula is C15H23IN6. The summed E-state index contributed by atoms with van der Waals surface area (Å²) in [4.78, 5) is 4.21. The molecule has 7 heteroatoms. The molecule has 0 fully saturated rings. The van der Waals surface area contributed by atoms with Gasteiger partial charge in [-0.3, -0.25) is 9.56 Å². The lowest BCUT2D eigenvalue weighted by atomic mass is 10.1. The summed E-state index contributed by atoms with van der Waals surface area (Å²) in [6, 6.07) is 10.0. The third kappa shape index (κ3) is 5.28. The highest BCUT2D eigenvalue weighted by Crippen LogP contribution is 2.08. The van der Waals surface area contributed by atoms with Crippen LogP contribution in [0.5, 0.6) is 0 Å². The second-order valence-electron chi connectivity index (χ2n) is 5.75. The van der Waals surface area contributed by atoms with Gasteiger partial charge in [0.1, 0.15) is 6.33 Å². The Labute approximate surface area is 148 Å². The van der Waals surface area contributed by atoms with E-state index in [-0.39, 0.29) is 29.5 Å². The third-order valence-corrected chi connectivity index (χ3v) is 2.78. The molecule has 0 atom stereocenters. The van der Waals surface area contributed by atoms with Gasteiger partial charge < -0.3 is 10.6 Å². The van der Waals surface area contributed by atoms with Crippen LogP contribution in [0.3, 0.4) is 0 Å². The summed E-state index contributed by atoms with van der Waals surface area (Å²) in [5.41, 5.74) is 0.993. The smallest absolute Gasteiger partial charge is 0.191 e. The Morgan fingerprint density at radius 1 is 1.23 bits per heavy atom. The number of hydrogen-bond donors (Lipinski definition) is 2. The lowest BCUT2D eigenvalue weighted by Crippen LogP contribution is -2.47. The lowest BCUT2D eigenvalue weighted by Gasteiger charge is -2.23. The highest BCUT2D eigenvalue weighted by atomic mass is 127. The molecule has 6 nitrogen and oxygen atoms in total. The van der Waals surface area contributed by atoms with E-state index in [1.807, 2.05) is 34.9 Å². The molecule has 0 saturated heterocycles. The largest absolute Gasteiger partial charge is 0.352 e. The maximum Gasteiger partial charge on any atom is 0.191 e. The summed E-state index contributed by atoms with van der Waals surface area (Å²) in [7, 11) is 1.75. The van der Waals surface area contributed by atoms with Crippen molar-refractivity contribution in [3.05, 3.63) is 42.5 Å². The molecule has 0 aliphatic rings. The minimum absolute atomic E-state index is 0. The van der Waals surface area contributed by atoms with Crippen molar-refractivity contribution in [2.24, 2.45) is 4.99 Å². The highest BCUT2D eigenvalue weighted by molar-refractivity contribution is 14.0. The zero-order valence-electron chi connectivity index (χ0n) is 13.4. The van der Waals surface area contributed by atoms with E-state index in [4.69, 9.17) is 0 Å². The van der Waals surface area contributed by atoms with Crippen LogP contribution in [0.25, 0.3) is 5.69 Å². The Hall–Kier alpha value is -1.64. The van der Waals surface area contributed by atoms with Crippen LogP contribution in [0.2, 0.25) is 0 Å². The summed E-state index contributed by atoms with van der Waals surface area (Å²) in [6.45, 7) is 6.82. The highest BCUT2D eigenvalue weighted by Gasteiger charge is 2.13. The van der Waals surface area contributed by atoms with Gasteiger partial charge in [-0.15, -0.1) is 34.2 Å². The first-order valence-electron chi connectivity index (χ1n) is 6.93. The summed E-state index contributed by atoms with van der Waals surface area (Å²) in [5, 5.41) is 14.7. The number of aromatic nitrogens is 3. The summed E-state index contributed by atoms with van der Waals surface area (Å²) >= 11 is 0. The molecule has 1 aromatic heterocycles. The van der Waals surface area contributed by atoms with Crippen molar-refractivity contribution in [1.82, 2.24) is 25.4 Å². The normalized spacial score (nSPS) is 11.7. The van der Waals surface area contributed by atoms with Crippen LogP contribution in [-0.2, 0) is 6.54 Å². The number of aliphatic imine (C=N–C) groups is 1. The van der Waals surface area contributed by atoms with Gasteiger partial charge in [-0.1, -0.05) is 18.2 Å². The van der Waals surface area contributed by atoms with Crippen LogP contribution in [-0.4, -0.2) is 33.3 Å². The van der Waals surface area contributed by atoms with Gasteiger partial charge >= 0.3 is 0 Å². The van der Waals surface area contributed by atoms with Crippen LogP contribution in [0.1, 0.15) is 26.6 Å². The summed E-state index contributed by atoms with van der Waals surface area (Å²) in [6.07, 6.45) is 1.71. The molecule has 2 N–H and O–H groups in total. The molecule has 0 bridgehead atoms. The standard InChI is InChI=1S/C15H22N6.HI/c1-15(2,3)19-14(16-4)17-10-13-20-18-11-21(13)12-8-6-5-7-9-12;/h5-9,11H,10H2,1-4H3,(H2,16,17,19);1H. The molecule has 1 aromatic carbocycles. The predicted octanol–water partition coefficient (Wildman–Crippen LogP) is 2.35. The fourth-order valence-electron chi connectivity index (χ4n) is 1.88. The first-order chi connectivity index (χ1) is 9.99. The van der Waals surface area contributed by atoms with Crippen molar-refractivity contribution in [2.75, 3.05) is 7.05 Å². The molecule has 0 saturated carbocycles. The van der Waals surface area contributed by atoms with Crippen LogP contribution in [0, 0.1) is 0 Å². The van der Waals surface area contributed by atoms with Crippen molar-refractivity contribution in [1.29, 1.82) is 0 Å². The SMILES string of the molecule is CN=C(NCc1nncn1-c1ccccc1)NC(C)(C)C.I. The molecular weight excluding hydrogens is 391 g/mol. The summed E-state index contributed by atoms with van der Waals surface area (Å²) < 4.78 is 1.96. The second kappa shape index (κ2) is 8.11. The quantitative estimate of drug-likeness (QED) is 0.460. The van der Waals surface area contributed by atoms with Gasteiger partial charge in [-0.05, 0) is 32.9 Å². The zero-order chi connectivity index (χ0) is 15.3. The average molecular weight is 414 g/mol. The van der Waals surface area contributed by atoms with Crippen LogP contribution in [0.4, 0.5) is 0 Å². The molecule has 0 radical (unpaired) electrons. The number of benzene rings is 1. The van der Waals surface area contributed by atoms with E-state index in [2.05, 4.69) is 46.6 Å². The van der Waals surface area contributed by atoms with E-state index in [1.165, 1.54) is 0 Å². The van der Waals surface area contributed by atoms with Crippen molar-refractivity contribution < 1.29 is 0 Å². The molecule has 2 aromatic rings. The van der Waals surface area contributed by atoms with Gasteiger partial charge in [0, 0.05) is 18.3 Å². The van der Waals surface area contributed by atoms with Gasteiger partial charge in [-0.25, -0.2) is 0 Å². The summed E-state index contributed by atoms with van der Waals surface area (Å²) in [5.74, 6) is 1.57. The number of guanidine groups is 1. The molecule has 0 amide bonds. The van der Waals surface area contributed by atoms with Crippen LogP contribution < -0.4 is 10.6 Å². The molecule has 1 heterocycles. The van der Waals surface area contributed by atoms with Crippen molar-refractivity contribution >= 4 is 29.9 Å². The second-order valence-corrected chi connectivity index (χ2v) is 5.75. The number of para-hydroxylation sites is 1. The van der Waals surface area contributed by atoms with E-state index in [1.54, 1.807) is 13.4 Å². The number of hydrogen-bond acceptors (Lipinski definition) is 3. The number of nitrogens with zero attached hydrogens (tertiary/aromatic N) is 4. The van der Waals surface area contributed by atoms with Gasteiger partial charge in [0.2, 0.25) is 0 Å². The molecule has 0 spiro atoms. The Morgan fingerprint density at radius 2 is 1.91 bits per heavy atom. The minimum atomic E-state index is -0.0467. The Kier molecular flexibility index (Phi) is 6.79. The van der Waals surface area contributed by atoms with Crippen molar-refractivity contribution in [3.63, 3.8) is 0 Å². The Morgan fingerprint density at radius 3 is 2.50 bits per heavy atom.